The maximum Gasteiger partial charge on any atom is 0.244 e. The fraction of sp³-hybridized carbons (Fsp3) is 0.529. The number of nitrogens with zero attached hydrogens (tertiary/aromatic N) is 1. The lowest BCUT2D eigenvalue weighted by Gasteiger charge is -2.31. The lowest BCUT2D eigenvalue weighted by atomic mass is 9.82. The molecule has 0 radical (unpaired) electrons. The van der Waals surface area contributed by atoms with Crippen LogP contribution >= 0.6 is 0 Å². The minimum absolute atomic E-state index is 0.0998. The fourth-order valence-corrected chi connectivity index (χ4v) is 3.31. The summed E-state index contributed by atoms with van der Waals surface area (Å²) in [5.74, 6) is 0.0668. The molecule has 0 spiro atoms. The van der Waals surface area contributed by atoms with Crippen LogP contribution in [0.15, 0.2) is 24.3 Å². The van der Waals surface area contributed by atoms with Gasteiger partial charge in [-0.25, -0.2) is 0 Å². The van der Waals surface area contributed by atoms with E-state index < -0.39 is 5.54 Å². The van der Waals surface area contributed by atoms with Crippen molar-refractivity contribution < 1.29 is 9.59 Å². The predicted molar refractivity (Wildman–Crippen MR) is 86.7 cm³/mol. The molecule has 1 saturated heterocycles. The first-order valence-corrected chi connectivity index (χ1v) is 8.09. The van der Waals surface area contributed by atoms with Gasteiger partial charge in [0.25, 0.3) is 0 Å². The maximum absolute atomic E-state index is 12.4. The first kappa shape index (κ1) is 15.0. The number of nitrogens with two attached hydrogens (primary N) is 1. The Bertz CT molecular complexity index is 562. The summed E-state index contributed by atoms with van der Waals surface area (Å²) in [4.78, 5) is 25.9. The molecule has 1 saturated carbocycles. The number of rotatable bonds is 3. The second kappa shape index (κ2) is 6.08. The third kappa shape index (κ3) is 2.99. The van der Waals surface area contributed by atoms with Gasteiger partial charge >= 0.3 is 0 Å². The molecule has 0 unspecified atom stereocenters. The second-order valence-corrected chi connectivity index (χ2v) is 6.37. The fourth-order valence-electron chi connectivity index (χ4n) is 3.31. The van der Waals surface area contributed by atoms with E-state index in [0.29, 0.717) is 6.42 Å². The minimum atomic E-state index is -0.734. The van der Waals surface area contributed by atoms with E-state index in [1.54, 1.807) is 4.90 Å². The van der Waals surface area contributed by atoms with Crippen molar-refractivity contribution in [3.8, 4) is 0 Å². The van der Waals surface area contributed by atoms with Crippen LogP contribution in [0.1, 0.15) is 44.9 Å². The highest BCUT2D eigenvalue weighted by molar-refractivity contribution is 5.99. The first-order valence-electron chi connectivity index (χ1n) is 8.09. The highest BCUT2D eigenvalue weighted by Gasteiger charge is 2.35. The number of benzene rings is 1. The molecule has 5 nitrogen and oxygen atoms in total. The summed E-state index contributed by atoms with van der Waals surface area (Å²) in [7, 11) is 0. The van der Waals surface area contributed by atoms with Crippen molar-refractivity contribution in [3.63, 3.8) is 0 Å². The quantitative estimate of drug-likeness (QED) is 0.900. The van der Waals surface area contributed by atoms with Crippen molar-refractivity contribution in [2.75, 3.05) is 16.8 Å². The molecule has 3 N–H and O–H groups in total. The van der Waals surface area contributed by atoms with Gasteiger partial charge in [0.05, 0.1) is 5.54 Å². The Morgan fingerprint density at radius 3 is 2.36 bits per heavy atom. The van der Waals surface area contributed by atoms with E-state index in [2.05, 4.69) is 5.32 Å². The molecule has 1 aliphatic heterocycles. The highest BCUT2D eigenvalue weighted by Crippen LogP contribution is 2.28. The maximum atomic E-state index is 12.4. The molecule has 1 aliphatic carbocycles. The zero-order valence-electron chi connectivity index (χ0n) is 12.8. The van der Waals surface area contributed by atoms with Crippen molar-refractivity contribution >= 4 is 23.2 Å². The van der Waals surface area contributed by atoms with E-state index in [0.717, 1.165) is 56.4 Å². The zero-order chi connectivity index (χ0) is 15.6. The van der Waals surface area contributed by atoms with E-state index in [-0.39, 0.29) is 11.8 Å². The van der Waals surface area contributed by atoms with Crippen LogP contribution in [-0.4, -0.2) is 23.9 Å². The molecular weight excluding hydrogens is 278 g/mol. The molecule has 1 aromatic carbocycles. The van der Waals surface area contributed by atoms with Crippen LogP contribution in [0.2, 0.25) is 0 Å². The number of anilines is 2. The standard InChI is InChI=1S/C17H23N3O2/c18-17(10-2-1-3-11-17)16(22)19-13-6-8-14(9-7-13)20-12-4-5-15(20)21/h6-9H,1-5,10-12,18H2,(H,19,22). The van der Waals surface area contributed by atoms with Gasteiger partial charge in [-0.05, 0) is 43.5 Å². The lowest BCUT2D eigenvalue weighted by molar-refractivity contribution is -0.122. The van der Waals surface area contributed by atoms with E-state index in [1.165, 1.54) is 0 Å². The summed E-state index contributed by atoms with van der Waals surface area (Å²) in [5.41, 5.74) is 7.12. The molecular formula is C17H23N3O2. The molecule has 3 rings (SSSR count). The monoisotopic (exact) mass is 301 g/mol. The number of carbonyl (C=O) groups excluding carboxylic acids is 2. The molecule has 5 heteroatoms. The van der Waals surface area contributed by atoms with Crippen molar-refractivity contribution in [3.05, 3.63) is 24.3 Å². The smallest absolute Gasteiger partial charge is 0.244 e. The van der Waals surface area contributed by atoms with E-state index in [9.17, 15) is 9.59 Å². The average Bonchev–Trinajstić information content (AvgIpc) is 2.95. The molecule has 2 fully saturated rings. The van der Waals surface area contributed by atoms with Crippen LogP contribution in [0, 0.1) is 0 Å². The summed E-state index contributed by atoms with van der Waals surface area (Å²) in [6.45, 7) is 0.774. The summed E-state index contributed by atoms with van der Waals surface area (Å²) in [5, 5.41) is 2.91. The van der Waals surface area contributed by atoms with Crippen LogP contribution in [0.25, 0.3) is 0 Å². The molecule has 0 bridgehead atoms. The number of carbonyl (C=O) groups is 2. The molecule has 1 aromatic rings. The Kier molecular flexibility index (Phi) is 4.16. The lowest BCUT2D eigenvalue weighted by Crippen LogP contribution is -2.52. The number of nitrogens with one attached hydrogen (secondary N) is 1. The molecule has 0 atom stereocenters. The second-order valence-electron chi connectivity index (χ2n) is 6.37. The first-order chi connectivity index (χ1) is 10.6. The number of hydrogen-bond donors (Lipinski definition) is 2. The van der Waals surface area contributed by atoms with Gasteiger partial charge in [0.15, 0.2) is 0 Å². The summed E-state index contributed by atoms with van der Waals surface area (Å²) < 4.78 is 0. The predicted octanol–water partition coefficient (Wildman–Crippen LogP) is 2.41. The van der Waals surface area contributed by atoms with Crippen LogP contribution in [0.4, 0.5) is 11.4 Å². The summed E-state index contributed by atoms with van der Waals surface area (Å²) >= 11 is 0. The van der Waals surface area contributed by atoms with Crippen molar-refractivity contribution in [2.45, 2.75) is 50.5 Å². The summed E-state index contributed by atoms with van der Waals surface area (Å²) in [6.07, 6.45) is 6.21. The Morgan fingerprint density at radius 1 is 1.09 bits per heavy atom. The van der Waals surface area contributed by atoms with Crippen LogP contribution in [-0.2, 0) is 9.59 Å². The highest BCUT2D eigenvalue weighted by atomic mass is 16.2. The topological polar surface area (TPSA) is 75.4 Å². The summed E-state index contributed by atoms with van der Waals surface area (Å²) in [6, 6.07) is 7.43. The molecule has 2 amide bonds. The SMILES string of the molecule is NC1(C(=O)Nc2ccc(N3CCCC3=O)cc2)CCCCC1. The van der Waals surface area contributed by atoms with Gasteiger partial charge in [-0.2, -0.15) is 0 Å². The third-order valence-corrected chi connectivity index (χ3v) is 4.71. The molecule has 2 aliphatic rings. The van der Waals surface area contributed by atoms with Gasteiger partial charge in [-0.1, -0.05) is 19.3 Å². The van der Waals surface area contributed by atoms with E-state index in [1.807, 2.05) is 24.3 Å². The van der Waals surface area contributed by atoms with Crippen LogP contribution < -0.4 is 16.0 Å². The van der Waals surface area contributed by atoms with Crippen molar-refractivity contribution in [1.82, 2.24) is 0 Å². The van der Waals surface area contributed by atoms with Gasteiger partial charge in [-0.3, -0.25) is 9.59 Å². The zero-order valence-corrected chi connectivity index (χ0v) is 12.8. The van der Waals surface area contributed by atoms with Crippen molar-refractivity contribution in [1.29, 1.82) is 0 Å². The normalized spacial score (nSPS) is 21.0. The minimum Gasteiger partial charge on any atom is -0.324 e. The molecule has 1 heterocycles. The van der Waals surface area contributed by atoms with Crippen molar-refractivity contribution in [2.24, 2.45) is 5.73 Å². The van der Waals surface area contributed by atoms with Crippen LogP contribution in [0.5, 0.6) is 0 Å². The Hall–Kier alpha value is -1.88. The Balaban J connectivity index is 1.65. The Labute approximate surface area is 130 Å². The molecule has 118 valence electrons. The van der Waals surface area contributed by atoms with Gasteiger partial charge in [0.1, 0.15) is 0 Å². The average molecular weight is 301 g/mol. The van der Waals surface area contributed by atoms with Crippen LogP contribution in [0.3, 0.4) is 0 Å². The van der Waals surface area contributed by atoms with E-state index in [4.69, 9.17) is 5.73 Å². The molecule has 22 heavy (non-hydrogen) atoms. The van der Waals surface area contributed by atoms with Gasteiger partial charge in [-0.15, -0.1) is 0 Å². The van der Waals surface area contributed by atoms with Gasteiger partial charge < -0.3 is 16.0 Å². The van der Waals surface area contributed by atoms with Gasteiger partial charge in [0, 0.05) is 24.3 Å². The largest absolute Gasteiger partial charge is 0.324 e. The Morgan fingerprint density at radius 2 is 1.77 bits per heavy atom. The van der Waals surface area contributed by atoms with Gasteiger partial charge in [0.2, 0.25) is 11.8 Å². The third-order valence-electron chi connectivity index (χ3n) is 4.71. The molecule has 0 aromatic heterocycles. The number of amides is 2. The number of hydrogen-bond acceptors (Lipinski definition) is 3. The van der Waals surface area contributed by atoms with E-state index >= 15 is 0 Å².